The van der Waals surface area contributed by atoms with Gasteiger partial charge in [0.15, 0.2) is 11.6 Å². The van der Waals surface area contributed by atoms with Crippen LogP contribution in [0.2, 0.25) is 0 Å². The molecule has 9 heavy (non-hydrogen) atoms. The van der Waals surface area contributed by atoms with Crippen molar-refractivity contribution in [2.75, 3.05) is 0 Å². The van der Waals surface area contributed by atoms with Gasteiger partial charge in [-0.1, -0.05) is 15.9 Å². The number of allylic oxidation sites excluding steroid dienone is 2. The average molecular weight is 189 g/mol. The summed E-state index contributed by atoms with van der Waals surface area (Å²) in [6.45, 7) is 0. The quantitative estimate of drug-likeness (QED) is 0.529. The Labute approximate surface area is 61.1 Å². The van der Waals surface area contributed by atoms with Gasteiger partial charge in [-0.3, -0.25) is 9.59 Å². The summed E-state index contributed by atoms with van der Waals surface area (Å²) in [4.78, 5) is 20.9. The van der Waals surface area contributed by atoms with Gasteiger partial charge in [0.1, 0.15) is 0 Å². The Balaban J connectivity index is 2.76. The van der Waals surface area contributed by atoms with E-state index >= 15 is 0 Å². The molecule has 0 fully saturated rings. The van der Waals surface area contributed by atoms with Crippen LogP contribution in [-0.4, -0.2) is 16.4 Å². The standard InChI is InChI=1S/C6H5BrO2/c7-5-3-4(8)1-2-6(5)9/h1-2,5H,3H2. The molecule has 1 aliphatic carbocycles. The number of carbonyl (C=O) groups is 2. The molecule has 0 aromatic heterocycles. The van der Waals surface area contributed by atoms with Crippen molar-refractivity contribution in [3.8, 4) is 0 Å². The van der Waals surface area contributed by atoms with Crippen molar-refractivity contribution in [1.29, 1.82) is 0 Å². The van der Waals surface area contributed by atoms with E-state index in [-0.39, 0.29) is 16.4 Å². The van der Waals surface area contributed by atoms with Gasteiger partial charge in [0.05, 0.1) is 4.83 Å². The van der Waals surface area contributed by atoms with E-state index in [1.54, 1.807) is 0 Å². The Hall–Kier alpha value is -0.440. The van der Waals surface area contributed by atoms with Crippen molar-refractivity contribution in [2.24, 2.45) is 0 Å². The molecule has 3 heteroatoms. The molecule has 0 saturated carbocycles. The summed E-state index contributed by atoms with van der Waals surface area (Å²) in [5.74, 6) is -0.00826. The van der Waals surface area contributed by atoms with E-state index in [1.165, 1.54) is 12.2 Å². The monoisotopic (exact) mass is 188 g/mol. The van der Waals surface area contributed by atoms with Crippen molar-refractivity contribution >= 4 is 27.5 Å². The number of rotatable bonds is 0. The summed E-state index contributed by atoms with van der Waals surface area (Å²) in [6.07, 6.45) is 2.93. The van der Waals surface area contributed by atoms with Gasteiger partial charge in [-0.2, -0.15) is 0 Å². The lowest BCUT2D eigenvalue weighted by Gasteiger charge is -2.06. The first-order valence-electron chi connectivity index (χ1n) is 2.59. The van der Waals surface area contributed by atoms with Crippen molar-refractivity contribution < 1.29 is 9.59 Å². The maximum Gasteiger partial charge on any atom is 0.169 e. The minimum absolute atomic E-state index is 0.0106. The predicted molar refractivity (Wildman–Crippen MR) is 36.5 cm³/mol. The van der Waals surface area contributed by atoms with E-state index in [9.17, 15) is 9.59 Å². The Bertz CT molecular complexity index is 183. The number of ketones is 2. The van der Waals surface area contributed by atoms with Crippen LogP contribution in [0.3, 0.4) is 0 Å². The number of hydrogen-bond donors (Lipinski definition) is 0. The fourth-order valence-corrected chi connectivity index (χ4v) is 1.10. The molecule has 2 nitrogen and oxygen atoms in total. The van der Waals surface area contributed by atoms with Gasteiger partial charge in [-0.05, 0) is 12.2 Å². The molecule has 0 bridgehead atoms. The molecule has 0 aromatic carbocycles. The highest BCUT2D eigenvalue weighted by Gasteiger charge is 2.19. The predicted octanol–water partition coefficient (Wildman–Crippen LogP) is 0.848. The molecule has 1 aliphatic rings. The molecule has 0 saturated heterocycles. The summed E-state index contributed by atoms with van der Waals surface area (Å²) >= 11 is 3.07. The van der Waals surface area contributed by atoms with Crippen molar-refractivity contribution in [2.45, 2.75) is 11.2 Å². The van der Waals surface area contributed by atoms with Crippen LogP contribution in [0.25, 0.3) is 0 Å². The van der Waals surface area contributed by atoms with Crippen molar-refractivity contribution in [3.05, 3.63) is 12.2 Å². The van der Waals surface area contributed by atoms with Gasteiger partial charge in [-0.15, -0.1) is 0 Å². The van der Waals surface area contributed by atoms with E-state index in [0.29, 0.717) is 6.42 Å². The van der Waals surface area contributed by atoms with Gasteiger partial charge < -0.3 is 0 Å². The second kappa shape index (κ2) is 2.43. The van der Waals surface area contributed by atoms with Crippen LogP contribution >= 0.6 is 15.9 Å². The maximum absolute atomic E-state index is 10.7. The van der Waals surface area contributed by atoms with Gasteiger partial charge >= 0.3 is 0 Å². The third-order valence-corrected chi connectivity index (χ3v) is 1.90. The summed E-state index contributed by atoms with van der Waals surface area (Å²) in [6, 6.07) is 0. The van der Waals surface area contributed by atoms with Gasteiger partial charge in [0.2, 0.25) is 0 Å². The van der Waals surface area contributed by atoms with Crippen molar-refractivity contribution in [3.63, 3.8) is 0 Å². The Kier molecular flexibility index (Phi) is 1.81. The minimum atomic E-state index is -0.282. The molecule has 1 unspecified atom stereocenters. The van der Waals surface area contributed by atoms with E-state index in [2.05, 4.69) is 15.9 Å². The van der Waals surface area contributed by atoms with E-state index in [1.807, 2.05) is 0 Å². The molecule has 0 aromatic rings. The van der Waals surface area contributed by atoms with Crippen LogP contribution in [0.15, 0.2) is 12.2 Å². The maximum atomic E-state index is 10.7. The first-order chi connectivity index (χ1) is 4.20. The minimum Gasteiger partial charge on any atom is -0.295 e. The highest BCUT2D eigenvalue weighted by atomic mass is 79.9. The normalized spacial score (nSPS) is 27.0. The molecule has 48 valence electrons. The fourth-order valence-electron chi connectivity index (χ4n) is 0.625. The molecule has 0 heterocycles. The highest BCUT2D eigenvalue weighted by molar-refractivity contribution is 9.10. The van der Waals surface area contributed by atoms with Crippen LogP contribution in [0.1, 0.15) is 6.42 Å². The molecule has 1 rings (SSSR count). The summed E-state index contributed by atoms with van der Waals surface area (Å²) < 4.78 is 0. The third-order valence-electron chi connectivity index (χ3n) is 1.12. The number of carbonyl (C=O) groups excluding carboxylic acids is 2. The zero-order valence-electron chi connectivity index (χ0n) is 4.63. The van der Waals surface area contributed by atoms with Crippen molar-refractivity contribution in [1.82, 2.24) is 0 Å². The smallest absolute Gasteiger partial charge is 0.169 e. The number of alkyl halides is 1. The second-order valence-electron chi connectivity index (χ2n) is 1.87. The van der Waals surface area contributed by atoms with Crippen LogP contribution in [-0.2, 0) is 9.59 Å². The molecular formula is C6H5BrO2. The van der Waals surface area contributed by atoms with Gasteiger partial charge in [-0.25, -0.2) is 0 Å². The molecule has 1 atom stereocenters. The van der Waals surface area contributed by atoms with E-state index in [4.69, 9.17) is 0 Å². The lowest BCUT2D eigenvalue weighted by atomic mass is 10.1. The summed E-state index contributed by atoms with van der Waals surface area (Å²) in [5, 5.41) is 0. The molecule has 0 spiro atoms. The lowest BCUT2D eigenvalue weighted by molar-refractivity contribution is -0.120. The molecule has 0 aliphatic heterocycles. The third kappa shape index (κ3) is 1.48. The Morgan fingerprint density at radius 3 is 2.56 bits per heavy atom. The number of hydrogen-bond acceptors (Lipinski definition) is 2. The summed E-state index contributed by atoms with van der Waals surface area (Å²) in [7, 11) is 0. The van der Waals surface area contributed by atoms with Gasteiger partial charge in [0.25, 0.3) is 0 Å². The van der Waals surface area contributed by atoms with Crippen LogP contribution in [0, 0.1) is 0 Å². The molecular weight excluding hydrogens is 184 g/mol. The lowest BCUT2D eigenvalue weighted by Crippen LogP contribution is -2.19. The first kappa shape index (κ1) is 6.68. The van der Waals surface area contributed by atoms with Crippen LogP contribution in [0.5, 0.6) is 0 Å². The summed E-state index contributed by atoms with van der Waals surface area (Å²) in [5.41, 5.74) is 0. The van der Waals surface area contributed by atoms with E-state index < -0.39 is 0 Å². The van der Waals surface area contributed by atoms with Crippen LogP contribution in [0.4, 0.5) is 0 Å². The first-order valence-corrected chi connectivity index (χ1v) is 3.50. The zero-order valence-corrected chi connectivity index (χ0v) is 6.22. The van der Waals surface area contributed by atoms with Crippen LogP contribution < -0.4 is 0 Å². The number of halogens is 1. The van der Waals surface area contributed by atoms with E-state index in [0.717, 1.165) is 0 Å². The SMILES string of the molecule is O=C1C=CC(=O)C(Br)C1. The fraction of sp³-hybridized carbons (Fsp3) is 0.333. The second-order valence-corrected chi connectivity index (χ2v) is 2.98. The highest BCUT2D eigenvalue weighted by Crippen LogP contribution is 2.12. The zero-order chi connectivity index (χ0) is 6.85. The molecule has 0 amide bonds. The largest absolute Gasteiger partial charge is 0.295 e. The Morgan fingerprint density at radius 1 is 1.44 bits per heavy atom. The van der Waals surface area contributed by atoms with Gasteiger partial charge in [0, 0.05) is 6.42 Å². The Morgan fingerprint density at radius 2 is 2.11 bits per heavy atom. The molecule has 0 radical (unpaired) electrons. The molecule has 0 N–H and O–H groups in total. The average Bonchev–Trinajstić information content (AvgIpc) is 1.80. The topological polar surface area (TPSA) is 34.1 Å².